The first-order valence-electron chi connectivity index (χ1n) is 8.87. The smallest absolute Gasteiger partial charge is 0.411 e. The molecule has 0 radical (unpaired) electrons. The summed E-state index contributed by atoms with van der Waals surface area (Å²) in [6, 6.07) is 9.60. The fraction of sp³-hybridized carbons (Fsp3) is 0.450. The van der Waals surface area contributed by atoms with Gasteiger partial charge in [0.15, 0.2) is 0 Å². The number of nitrogens with zero attached hydrogens (tertiary/aromatic N) is 3. The number of ether oxygens (including phenoxy) is 1. The van der Waals surface area contributed by atoms with Crippen LogP contribution in [0, 0.1) is 0 Å². The highest BCUT2D eigenvalue weighted by Crippen LogP contribution is 2.43. The Balaban J connectivity index is 1.96. The van der Waals surface area contributed by atoms with Gasteiger partial charge in [-0.2, -0.15) is 0 Å². The van der Waals surface area contributed by atoms with Crippen LogP contribution in [0.5, 0.6) is 0 Å². The summed E-state index contributed by atoms with van der Waals surface area (Å²) in [5, 5.41) is 8.48. The molecule has 0 aliphatic carbocycles. The van der Waals surface area contributed by atoms with E-state index in [2.05, 4.69) is 16.8 Å². The molecule has 3 rings (SSSR count). The SMILES string of the molecule is C=CC[C@@]1(c2nnc(-c3ccccc3)o2)CCCN1C(=O)OC(C)(C)C. The van der Waals surface area contributed by atoms with Crippen molar-refractivity contribution in [2.24, 2.45) is 0 Å². The molecule has 1 aliphatic heterocycles. The molecule has 1 atom stereocenters. The van der Waals surface area contributed by atoms with E-state index in [1.165, 1.54) is 0 Å². The normalized spacial score (nSPS) is 20.2. The molecule has 0 spiro atoms. The molecule has 6 nitrogen and oxygen atoms in total. The molecule has 1 aromatic carbocycles. The van der Waals surface area contributed by atoms with Gasteiger partial charge in [0.05, 0.1) is 0 Å². The van der Waals surface area contributed by atoms with Crippen LogP contribution in [0.4, 0.5) is 4.79 Å². The molecule has 138 valence electrons. The Morgan fingerprint density at radius 2 is 2.08 bits per heavy atom. The maximum absolute atomic E-state index is 12.8. The predicted molar refractivity (Wildman–Crippen MR) is 98.4 cm³/mol. The number of likely N-dealkylation sites (tertiary alicyclic amines) is 1. The van der Waals surface area contributed by atoms with Crippen molar-refractivity contribution in [1.29, 1.82) is 0 Å². The molecule has 0 saturated carbocycles. The lowest BCUT2D eigenvalue weighted by Crippen LogP contribution is -2.47. The van der Waals surface area contributed by atoms with Crippen molar-refractivity contribution in [2.45, 2.75) is 51.2 Å². The summed E-state index contributed by atoms with van der Waals surface area (Å²) in [7, 11) is 0. The van der Waals surface area contributed by atoms with Crippen molar-refractivity contribution in [3.8, 4) is 11.5 Å². The second-order valence-electron chi connectivity index (χ2n) is 7.54. The molecule has 1 amide bonds. The van der Waals surface area contributed by atoms with Crippen LogP contribution in [0.1, 0.15) is 45.9 Å². The Morgan fingerprint density at radius 3 is 2.73 bits per heavy atom. The molecule has 0 unspecified atom stereocenters. The van der Waals surface area contributed by atoms with Gasteiger partial charge in [0.2, 0.25) is 11.8 Å². The minimum atomic E-state index is -0.704. The lowest BCUT2D eigenvalue weighted by Gasteiger charge is -2.35. The maximum Gasteiger partial charge on any atom is 0.411 e. The third-order valence-electron chi connectivity index (χ3n) is 4.43. The third-order valence-corrected chi connectivity index (χ3v) is 4.43. The highest BCUT2D eigenvalue weighted by molar-refractivity contribution is 5.70. The first-order chi connectivity index (χ1) is 12.4. The minimum Gasteiger partial charge on any atom is -0.444 e. The van der Waals surface area contributed by atoms with Gasteiger partial charge < -0.3 is 9.15 Å². The molecule has 1 fully saturated rings. The number of carbonyl (C=O) groups is 1. The van der Waals surface area contributed by atoms with Gasteiger partial charge in [-0.15, -0.1) is 16.8 Å². The first kappa shape index (κ1) is 18.2. The van der Waals surface area contributed by atoms with Gasteiger partial charge in [-0.3, -0.25) is 4.90 Å². The summed E-state index contributed by atoms with van der Waals surface area (Å²) in [5.74, 6) is 0.875. The summed E-state index contributed by atoms with van der Waals surface area (Å²) >= 11 is 0. The van der Waals surface area contributed by atoms with Crippen LogP contribution >= 0.6 is 0 Å². The maximum atomic E-state index is 12.8. The van der Waals surface area contributed by atoms with Crippen LogP contribution in [-0.4, -0.2) is 33.3 Å². The minimum absolute atomic E-state index is 0.365. The van der Waals surface area contributed by atoms with E-state index in [1.54, 1.807) is 11.0 Å². The van der Waals surface area contributed by atoms with Crippen LogP contribution in [0.15, 0.2) is 47.4 Å². The average molecular weight is 355 g/mol. The predicted octanol–water partition coefficient (Wildman–Crippen LogP) is 4.54. The molecule has 1 aliphatic rings. The molecule has 0 bridgehead atoms. The molecule has 2 aromatic rings. The van der Waals surface area contributed by atoms with Crippen LogP contribution in [-0.2, 0) is 10.3 Å². The number of amides is 1. The monoisotopic (exact) mass is 355 g/mol. The standard InChI is InChI=1S/C20H25N3O3/c1-5-12-20(13-9-14-23(20)18(24)26-19(2,3)4)17-22-21-16(25-17)15-10-7-6-8-11-15/h5-8,10-11H,1,9,12-14H2,2-4H3/t20-/m0/s1. The third kappa shape index (κ3) is 3.49. The van der Waals surface area contributed by atoms with Gasteiger partial charge in [0, 0.05) is 12.1 Å². The van der Waals surface area contributed by atoms with Gasteiger partial charge in [-0.25, -0.2) is 4.79 Å². The van der Waals surface area contributed by atoms with Crippen LogP contribution in [0.25, 0.3) is 11.5 Å². The second-order valence-corrected chi connectivity index (χ2v) is 7.54. The lowest BCUT2D eigenvalue weighted by atomic mass is 9.92. The quantitative estimate of drug-likeness (QED) is 0.753. The number of hydrogen-bond donors (Lipinski definition) is 0. The van der Waals surface area contributed by atoms with Gasteiger partial charge >= 0.3 is 6.09 Å². The van der Waals surface area contributed by atoms with E-state index in [9.17, 15) is 4.79 Å². The fourth-order valence-electron chi connectivity index (χ4n) is 3.33. The van der Waals surface area contributed by atoms with Crippen LogP contribution < -0.4 is 0 Å². The topological polar surface area (TPSA) is 68.5 Å². The zero-order chi connectivity index (χ0) is 18.8. The summed E-state index contributed by atoms with van der Waals surface area (Å²) in [5.41, 5.74) is -0.421. The Labute approximate surface area is 153 Å². The van der Waals surface area contributed by atoms with Crippen molar-refractivity contribution in [3.63, 3.8) is 0 Å². The van der Waals surface area contributed by atoms with Gasteiger partial charge in [0.1, 0.15) is 11.1 Å². The van der Waals surface area contributed by atoms with Gasteiger partial charge in [-0.05, 0) is 52.2 Å². The molecular weight excluding hydrogens is 330 g/mol. The molecule has 1 saturated heterocycles. The summed E-state index contributed by atoms with van der Waals surface area (Å²) in [6.45, 7) is 10.0. The van der Waals surface area contributed by atoms with E-state index >= 15 is 0 Å². The van der Waals surface area contributed by atoms with E-state index < -0.39 is 11.1 Å². The lowest BCUT2D eigenvalue weighted by molar-refractivity contribution is 0.00220. The Bertz CT molecular complexity index is 779. The van der Waals surface area contributed by atoms with E-state index in [4.69, 9.17) is 9.15 Å². The van der Waals surface area contributed by atoms with Crippen molar-refractivity contribution in [2.75, 3.05) is 6.54 Å². The molecule has 6 heteroatoms. The number of aromatic nitrogens is 2. The Hall–Kier alpha value is -2.63. The van der Waals surface area contributed by atoms with Crippen molar-refractivity contribution in [1.82, 2.24) is 15.1 Å². The zero-order valence-electron chi connectivity index (χ0n) is 15.6. The van der Waals surface area contributed by atoms with Crippen molar-refractivity contribution < 1.29 is 13.9 Å². The summed E-state index contributed by atoms with van der Waals surface area (Å²) in [6.07, 6.45) is 3.53. The highest BCUT2D eigenvalue weighted by atomic mass is 16.6. The number of rotatable bonds is 4. The Kier molecular flexibility index (Phi) is 4.85. The molecule has 1 aromatic heterocycles. The average Bonchev–Trinajstić information content (AvgIpc) is 3.22. The second kappa shape index (κ2) is 6.94. The largest absolute Gasteiger partial charge is 0.444 e. The fourth-order valence-corrected chi connectivity index (χ4v) is 3.33. The summed E-state index contributed by atoms with van der Waals surface area (Å²) < 4.78 is 11.6. The van der Waals surface area contributed by atoms with E-state index in [0.717, 1.165) is 18.4 Å². The number of carbonyl (C=O) groups excluding carboxylic acids is 1. The Morgan fingerprint density at radius 1 is 1.35 bits per heavy atom. The molecule has 26 heavy (non-hydrogen) atoms. The number of hydrogen-bond acceptors (Lipinski definition) is 5. The number of benzene rings is 1. The zero-order valence-corrected chi connectivity index (χ0v) is 15.6. The first-order valence-corrected chi connectivity index (χ1v) is 8.87. The van der Waals surface area contributed by atoms with Gasteiger partial charge in [0.25, 0.3) is 0 Å². The van der Waals surface area contributed by atoms with Crippen LogP contribution in [0.3, 0.4) is 0 Å². The van der Waals surface area contributed by atoms with Crippen LogP contribution in [0.2, 0.25) is 0 Å². The van der Waals surface area contributed by atoms with E-state index in [-0.39, 0.29) is 6.09 Å². The van der Waals surface area contributed by atoms with E-state index in [1.807, 2.05) is 51.1 Å². The summed E-state index contributed by atoms with van der Waals surface area (Å²) in [4.78, 5) is 14.5. The molecular formula is C20H25N3O3. The van der Waals surface area contributed by atoms with Gasteiger partial charge in [-0.1, -0.05) is 24.3 Å². The highest BCUT2D eigenvalue weighted by Gasteiger charge is 2.49. The molecule has 0 N–H and O–H groups in total. The van der Waals surface area contributed by atoms with E-state index in [0.29, 0.717) is 24.7 Å². The van der Waals surface area contributed by atoms with Crippen molar-refractivity contribution >= 4 is 6.09 Å². The van der Waals surface area contributed by atoms with Crippen molar-refractivity contribution in [3.05, 3.63) is 48.9 Å². The molecule has 2 heterocycles.